The van der Waals surface area contributed by atoms with E-state index >= 15 is 0 Å². The van der Waals surface area contributed by atoms with E-state index in [-0.39, 0.29) is 11.4 Å². The van der Waals surface area contributed by atoms with Gasteiger partial charge in [-0.15, -0.1) is 0 Å². The highest BCUT2D eigenvalue weighted by molar-refractivity contribution is 7.89. The third-order valence-corrected chi connectivity index (χ3v) is 4.06. The van der Waals surface area contributed by atoms with Crippen LogP contribution in [0.4, 0.5) is 5.82 Å². The smallest absolute Gasteiger partial charge is 0.323 e. The van der Waals surface area contributed by atoms with Crippen molar-refractivity contribution >= 4 is 21.8 Å². The molecule has 100 valence electrons. The lowest BCUT2D eigenvalue weighted by molar-refractivity contribution is -0.135. The number of hydrogen-bond acceptors (Lipinski definition) is 5. The molecule has 0 radical (unpaired) electrons. The molecule has 7 nitrogen and oxygen atoms in total. The van der Waals surface area contributed by atoms with Gasteiger partial charge in [-0.05, 0) is 12.1 Å². The fraction of sp³-hybridized carbons (Fsp3) is 0.400. The van der Waals surface area contributed by atoms with Gasteiger partial charge in [0.25, 0.3) is 0 Å². The second-order valence-corrected chi connectivity index (χ2v) is 6.04. The van der Waals surface area contributed by atoms with Crippen LogP contribution in [0.25, 0.3) is 0 Å². The molecule has 0 saturated heterocycles. The molecule has 1 N–H and O–H groups in total. The van der Waals surface area contributed by atoms with E-state index in [1.807, 2.05) is 0 Å². The first-order valence-electron chi connectivity index (χ1n) is 5.06. The van der Waals surface area contributed by atoms with Crippen molar-refractivity contribution < 1.29 is 18.3 Å². The minimum Gasteiger partial charge on any atom is -0.480 e. The zero-order chi connectivity index (χ0) is 13.9. The largest absolute Gasteiger partial charge is 0.480 e. The van der Waals surface area contributed by atoms with E-state index in [2.05, 4.69) is 4.98 Å². The second-order valence-electron chi connectivity index (χ2n) is 3.89. The summed E-state index contributed by atoms with van der Waals surface area (Å²) >= 11 is 0. The average molecular weight is 273 g/mol. The molecule has 18 heavy (non-hydrogen) atoms. The first-order valence-corrected chi connectivity index (χ1v) is 6.50. The van der Waals surface area contributed by atoms with Crippen LogP contribution in [0.3, 0.4) is 0 Å². The summed E-state index contributed by atoms with van der Waals surface area (Å²) in [6.07, 6.45) is 1.21. The lowest BCUT2D eigenvalue weighted by Gasteiger charge is -2.16. The van der Waals surface area contributed by atoms with Crippen molar-refractivity contribution in [3.8, 4) is 0 Å². The molecule has 0 saturated carbocycles. The Balaban J connectivity index is 2.97. The highest BCUT2D eigenvalue weighted by atomic mass is 32.2. The van der Waals surface area contributed by atoms with E-state index in [9.17, 15) is 13.2 Å². The highest BCUT2D eigenvalue weighted by Gasteiger charge is 2.17. The number of carboxylic acid groups (broad SMARTS) is 1. The lowest BCUT2D eigenvalue weighted by Crippen LogP contribution is -2.26. The summed E-state index contributed by atoms with van der Waals surface area (Å²) in [7, 11) is 0.920. The lowest BCUT2D eigenvalue weighted by atomic mass is 10.4. The van der Waals surface area contributed by atoms with E-state index in [0.29, 0.717) is 5.82 Å². The van der Waals surface area contributed by atoms with Gasteiger partial charge >= 0.3 is 5.97 Å². The van der Waals surface area contributed by atoms with Crippen LogP contribution < -0.4 is 4.90 Å². The first-order chi connectivity index (χ1) is 8.25. The maximum atomic E-state index is 11.8. The number of carboxylic acids is 1. The van der Waals surface area contributed by atoms with Crippen LogP contribution in [-0.2, 0) is 14.8 Å². The number of anilines is 1. The Morgan fingerprint density at radius 3 is 2.33 bits per heavy atom. The molecule has 0 aliphatic heterocycles. The Morgan fingerprint density at radius 1 is 1.33 bits per heavy atom. The Bertz CT molecular complexity index is 525. The molecule has 0 unspecified atom stereocenters. The number of carbonyl (C=O) groups is 1. The number of likely N-dealkylation sites (N-methyl/N-ethyl adjacent to an activating group) is 1. The number of aliphatic carboxylic acids is 1. The van der Waals surface area contributed by atoms with E-state index in [0.717, 1.165) is 4.31 Å². The standard InChI is InChI=1S/C10H15N3O4S/c1-12(2)18(16,17)8-4-5-9(11-6-8)13(3)7-10(14)15/h4-6H,7H2,1-3H3,(H,14,15). The summed E-state index contributed by atoms with van der Waals surface area (Å²) in [6, 6.07) is 2.87. The molecule has 8 heteroatoms. The topological polar surface area (TPSA) is 90.8 Å². The monoisotopic (exact) mass is 273 g/mol. The maximum absolute atomic E-state index is 11.8. The van der Waals surface area contributed by atoms with Gasteiger partial charge in [0.05, 0.1) is 0 Å². The van der Waals surface area contributed by atoms with Crippen LogP contribution in [-0.4, -0.2) is 56.5 Å². The van der Waals surface area contributed by atoms with Gasteiger partial charge in [0.2, 0.25) is 10.0 Å². The molecule has 1 rings (SSSR count). The molecule has 1 aromatic rings. The summed E-state index contributed by atoms with van der Waals surface area (Å²) in [5.41, 5.74) is 0. The summed E-state index contributed by atoms with van der Waals surface area (Å²) in [4.78, 5) is 15.9. The third-order valence-electron chi connectivity index (χ3n) is 2.26. The molecule has 0 bridgehead atoms. The molecule has 0 atom stereocenters. The highest BCUT2D eigenvalue weighted by Crippen LogP contribution is 2.15. The van der Waals surface area contributed by atoms with Crippen molar-refractivity contribution in [2.45, 2.75) is 4.90 Å². The van der Waals surface area contributed by atoms with Crippen molar-refractivity contribution in [1.29, 1.82) is 0 Å². The van der Waals surface area contributed by atoms with E-state index in [1.54, 1.807) is 7.05 Å². The molecule has 1 heterocycles. The third kappa shape index (κ3) is 3.17. The first kappa shape index (κ1) is 14.4. The molecule has 0 fully saturated rings. The van der Waals surface area contributed by atoms with Gasteiger partial charge in [0, 0.05) is 27.3 Å². The van der Waals surface area contributed by atoms with Crippen molar-refractivity contribution in [2.75, 3.05) is 32.6 Å². The fourth-order valence-electron chi connectivity index (χ4n) is 1.25. The summed E-state index contributed by atoms with van der Waals surface area (Å²) < 4.78 is 24.6. The zero-order valence-corrected chi connectivity index (χ0v) is 11.2. The number of hydrogen-bond donors (Lipinski definition) is 1. The predicted molar refractivity (Wildman–Crippen MR) is 66.0 cm³/mol. The van der Waals surface area contributed by atoms with Gasteiger partial charge in [0.1, 0.15) is 17.3 Å². The number of pyridine rings is 1. The maximum Gasteiger partial charge on any atom is 0.323 e. The molecule has 0 aliphatic rings. The molecule has 1 aromatic heterocycles. The van der Waals surface area contributed by atoms with Crippen LogP contribution in [0.1, 0.15) is 0 Å². The number of sulfonamides is 1. The van der Waals surface area contributed by atoms with Gasteiger partial charge in [0.15, 0.2) is 0 Å². The van der Waals surface area contributed by atoms with Crippen LogP contribution in [0.5, 0.6) is 0 Å². The van der Waals surface area contributed by atoms with Crippen molar-refractivity contribution in [2.24, 2.45) is 0 Å². The summed E-state index contributed by atoms with van der Waals surface area (Å²) in [5, 5.41) is 8.63. The van der Waals surface area contributed by atoms with Crippen LogP contribution in [0, 0.1) is 0 Å². The Kier molecular flexibility index (Phi) is 4.25. The van der Waals surface area contributed by atoms with E-state index < -0.39 is 16.0 Å². The van der Waals surface area contributed by atoms with E-state index in [1.165, 1.54) is 37.3 Å². The number of nitrogens with zero attached hydrogens (tertiary/aromatic N) is 3. The predicted octanol–water partition coefficient (Wildman–Crippen LogP) is -0.147. The van der Waals surface area contributed by atoms with Gasteiger partial charge in [-0.25, -0.2) is 17.7 Å². The van der Waals surface area contributed by atoms with Gasteiger partial charge < -0.3 is 10.0 Å². The zero-order valence-electron chi connectivity index (χ0n) is 10.4. The average Bonchev–Trinajstić information content (AvgIpc) is 2.28. The number of rotatable bonds is 5. The molecular weight excluding hydrogens is 258 g/mol. The van der Waals surface area contributed by atoms with Crippen molar-refractivity contribution in [1.82, 2.24) is 9.29 Å². The molecule has 0 aromatic carbocycles. The van der Waals surface area contributed by atoms with Crippen molar-refractivity contribution in [3.63, 3.8) is 0 Å². The molecule has 0 spiro atoms. The van der Waals surface area contributed by atoms with Gasteiger partial charge in [-0.1, -0.05) is 0 Å². The summed E-state index contributed by atoms with van der Waals surface area (Å²) in [5.74, 6) is -0.584. The SMILES string of the molecule is CN(CC(=O)O)c1ccc(S(=O)(=O)N(C)C)cn1. The van der Waals surface area contributed by atoms with Crippen LogP contribution in [0.15, 0.2) is 23.2 Å². The molecular formula is C10H15N3O4S. The Labute approximate surface area is 106 Å². The van der Waals surface area contributed by atoms with Gasteiger partial charge in [-0.2, -0.15) is 0 Å². The van der Waals surface area contributed by atoms with Crippen LogP contribution in [0.2, 0.25) is 0 Å². The Morgan fingerprint density at radius 2 is 1.94 bits per heavy atom. The second kappa shape index (κ2) is 5.32. The molecule has 0 aliphatic carbocycles. The minimum atomic E-state index is -3.51. The normalized spacial score (nSPS) is 11.6. The van der Waals surface area contributed by atoms with Crippen LogP contribution >= 0.6 is 0 Å². The quantitative estimate of drug-likeness (QED) is 0.802. The summed E-state index contributed by atoms with van der Waals surface area (Å²) in [6.45, 7) is -0.202. The van der Waals surface area contributed by atoms with Crippen molar-refractivity contribution in [3.05, 3.63) is 18.3 Å². The number of aromatic nitrogens is 1. The molecule has 0 amide bonds. The van der Waals surface area contributed by atoms with Gasteiger partial charge in [-0.3, -0.25) is 4.79 Å². The Hall–Kier alpha value is -1.67. The van der Waals surface area contributed by atoms with E-state index in [4.69, 9.17) is 5.11 Å². The fourth-order valence-corrected chi connectivity index (χ4v) is 2.09. The minimum absolute atomic E-state index is 0.0694.